The highest BCUT2D eigenvalue weighted by Gasteiger charge is 2.30. The highest BCUT2D eigenvalue weighted by molar-refractivity contribution is 5.85. The Balaban J connectivity index is 0.00000242. The molecule has 126 valence electrons. The molecule has 2 atom stereocenters. The summed E-state index contributed by atoms with van der Waals surface area (Å²) in [6.45, 7) is 4.78. The van der Waals surface area contributed by atoms with Gasteiger partial charge in [0.1, 0.15) is 5.75 Å². The number of ether oxygens (including phenoxy) is 1. The van der Waals surface area contributed by atoms with Crippen molar-refractivity contribution in [3.8, 4) is 5.75 Å². The van der Waals surface area contributed by atoms with Crippen LogP contribution in [0.15, 0.2) is 24.3 Å². The van der Waals surface area contributed by atoms with Crippen LogP contribution in [0, 0.1) is 5.92 Å². The fourth-order valence-corrected chi connectivity index (χ4v) is 2.27. The van der Waals surface area contributed by atoms with Crippen LogP contribution in [0.25, 0.3) is 0 Å². The summed E-state index contributed by atoms with van der Waals surface area (Å²) in [4.78, 5) is 0. The van der Waals surface area contributed by atoms with Gasteiger partial charge in [0.05, 0.1) is 0 Å². The van der Waals surface area contributed by atoms with Crippen LogP contribution in [0.4, 0.5) is 13.2 Å². The average Bonchev–Trinajstić information content (AvgIpc) is 2.80. The lowest BCUT2D eigenvalue weighted by Gasteiger charge is -2.14. The van der Waals surface area contributed by atoms with Crippen molar-refractivity contribution in [2.75, 3.05) is 19.6 Å². The molecule has 0 bridgehead atoms. The van der Waals surface area contributed by atoms with Gasteiger partial charge in [0.25, 0.3) is 0 Å². The van der Waals surface area contributed by atoms with Gasteiger partial charge in [-0.15, -0.1) is 25.6 Å². The van der Waals surface area contributed by atoms with E-state index in [2.05, 4.69) is 27.8 Å². The van der Waals surface area contributed by atoms with Crippen molar-refractivity contribution in [2.24, 2.45) is 5.92 Å². The van der Waals surface area contributed by atoms with Crippen LogP contribution < -0.4 is 20.9 Å². The highest BCUT2D eigenvalue weighted by Crippen LogP contribution is 2.22. The van der Waals surface area contributed by atoms with Crippen molar-refractivity contribution in [1.82, 2.24) is 16.2 Å². The molecule has 8 heteroatoms. The molecule has 1 aromatic carbocycles. The van der Waals surface area contributed by atoms with Crippen LogP contribution in [-0.2, 0) is 6.42 Å². The van der Waals surface area contributed by atoms with Gasteiger partial charge in [0, 0.05) is 25.0 Å². The average molecular weight is 340 g/mol. The Bertz CT molecular complexity index is 442. The topological polar surface area (TPSA) is 45.3 Å². The van der Waals surface area contributed by atoms with E-state index in [-0.39, 0.29) is 18.2 Å². The van der Waals surface area contributed by atoms with Crippen LogP contribution in [0.3, 0.4) is 0 Å². The lowest BCUT2D eigenvalue weighted by atomic mass is 10.0. The summed E-state index contributed by atoms with van der Waals surface area (Å²) >= 11 is 0. The number of benzene rings is 1. The maximum absolute atomic E-state index is 12.0. The molecule has 0 amide bonds. The van der Waals surface area contributed by atoms with Crippen LogP contribution in [0.2, 0.25) is 0 Å². The third-order valence-corrected chi connectivity index (χ3v) is 3.55. The van der Waals surface area contributed by atoms with Gasteiger partial charge in [-0.3, -0.25) is 10.9 Å². The minimum atomic E-state index is -4.64. The minimum absolute atomic E-state index is 0. The summed E-state index contributed by atoms with van der Waals surface area (Å²) in [5.41, 5.74) is 7.25. The minimum Gasteiger partial charge on any atom is -0.406 e. The van der Waals surface area contributed by atoms with Gasteiger partial charge in [-0.2, -0.15) is 0 Å². The molecule has 3 N–H and O–H groups in total. The van der Waals surface area contributed by atoms with E-state index in [4.69, 9.17) is 0 Å². The smallest absolute Gasteiger partial charge is 0.406 e. The predicted octanol–water partition coefficient (Wildman–Crippen LogP) is 2.25. The first kappa shape index (κ1) is 19.0. The zero-order valence-corrected chi connectivity index (χ0v) is 13.1. The van der Waals surface area contributed by atoms with Gasteiger partial charge in [-0.1, -0.05) is 12.1 Å². The van der Waals surface area contributed by atoms with Crippen molar-refractivity contribution in [1.29, 1.82) is 0 Å². The third-order valence-electron chi connectivity index (χ3n) is 3.55. The van der Waals surface area contributed by atoms with E-state index in [1.807, 2.05) is 0 Å². The van der Waals surface area contributed by atoms with Crippen LogP contribution in [0.5, 0.6) is 5.75 Å². The van der Waals surface area contributed by atoms with Gasteiger partial charge < -0.3 is 10.1 Å². The molecule has 0 saturated carbocycles. The molecule has 2 rings (SSSR count). The second-order valence-electron chi connectivity index (χ2n) is 5.22. The first-order valence-electron chi connectivity index (χ1n) is 6.98. The second kappa shape index (κ2) is 8.57. The maximum atomic E-state index is 12.0. The molecular formula is C14H21ClF3N3O. The lowest BCUT2D eigenvalue weighted by molar-refractivity contribution is -0.274. The second-order valence-corrected chi connectivity index (χ2v) is 5.22. The van der Waals surface area contributed by atoms with Crippen LogP contribution in [0.1, 0.15) is 12.5 Å². The molecule has 2 unspecified atom stereocenters. The first-order chi connectivity index (χ1) is 9.94. The molecule has 1 heterocycles. The van der Waals surface area contributed by atoms with E-state index >= 15 is 0 Å². The molecule has 0 radical (unpaired) electrons. The van der Waals surface area contributed by atoms with Crippen molar-refractivity contribution in [3.63, 3.8) is 0 Å². The van der Waals surface area contributed by atoms with Crippen LogP contribution >= 0.6 is 12.4 Å². The number of halogens is 4. The van der Waals surface area contributed by atoms with Crippen molar-refractivity contribution < 1.29 is 17.9 Å². The van der Waals surface area contributed by atoms with Crippen molar-refractivity contribution in [2.45, 2.75) is 25.7 Å². The summed E-state index contributed by atoms with van der Waals surface area (Å²) < 4.78 is 39.9. The largest absolute Gasteiger partial charge is 0.573 e. The number of hydrazine groups is 1. The van der Waals surface area contributed by atoms with Gasteiger partial charge in [0.2, 0.25) is 0 Å². The Morgan fingerprint density at radius 2 is 1.95 bits per heavy atom. The van der Waals surface area contributed by atoms with E-state index < -0.39 is 6.36 Å². The van der Waals surface area contributed by atoms with E-state index in [0.29, 0.717) is 12.0 Å². The zero-order valence-electron chi connectivity index (χ0n) is 12.2. The van der Waals surface area contributed by atoms with Crippen LogP contribution in [-0.4, -0.2) is 32.0 Å². The Labute approximate surface area is 134 Å². The number of nitrogens with one attached hydrogen (secondary N) is 3. The molecule has 1 aliphatic heterocycles. The number of hydrogen-bond donors (Lipinski definition) is 3. The molecular weight excluding hydrogens is 319 g/mol. The van der Waals surface area contributed by atoms with E-state index in [0.717, 1.165) is 31.6 Å². The Kier molecular flexibility index (Phi) is 7.41. The van der Waals surface area contributed by atoms with E-state index in [1.54, 1.807) is 12.1 Å². The van der Waals surface area contributed by atoms with Gasteiger partial charge in [-0.25, -0.2) is 0 Å². The quantitative estimate of drug-likeness (QED) is 0.696. The summed E-state index contributed by atoms with van der Waals surface area (Å²) in [6, 6.07) is 6.44. The SMILES string of the molecule is CC1NNCC1CNCCc1ccc(OC(F)(F)F)cc1.Cl. The normalized spacial score (nSPS) is 21.5. The van der Waals surface area contributed by atoms with E-state index in [1.165, 1.54) is 12.1 Å². The maximum Gasteiger partial charge on any atom is 0.573 e. The third kappa shape index (κ3) is 6.39. The molecule has 1 aromatic rings. The zero-order chi connectivity index (χ0) is 15.3. The highest BCUT2D eigenvalue weighted by atomic mass is 35.5. The molecule has 0 aliphatic carbocycles. The van der Waals surface area contributed by atoms with Gasteiger partial charge in [-0.05, 0) is 37.6 Å². The molecule has 1 saturated heterocycles. The standard InChI is InChI=1S/C14H20F3N3O.ClH/c1-10-12(9-19-20-10)8-18-7-6-11-2-4-13(5-3-11)21-14(15,16)17;/h2-5,10,12,18-20H,6-9H2,1H3;1H. The summed E-state index contributed by atoms with van der Waals surface area (Å²) in [5, 5.41) is 3.37. The van der Waals surface area contributed by atoms with Gasteiger partial charge >= 0.3 is 6.36 Å². The molecule has 1 aliphatic rings. The summed E-state index contributed by atoms with van der Waals surface area (Å²) in [5.74, 6) is 0.365. The monoisotopic (exact) mass is 339 g/mol. The van der Waals surface area contributed by atoms with Gasteiger partial charge in [0.15, 0.2) is 0 Å². The lowest BCUT2D eigenvalue weighted by Crippen LogP contribution is -2.33. The molecule has 22 heavy (non-hydrogen) atoms. The molecule has 1 fully saturated rings. The number of hydrogen-bond acceptors (Lipinski definition) is 4. The molecule has 4 nitrogen and oxygen atoms in total. The summed E-state index contributed by atoms with van der Waals surface area (Å²) in [7, 11) is 0. The predicted molar refractivity (Wildman–Crippen MR) is 81.0 cm³/mol. The number of alkyl halides is 3. The first-order valence-corrected chi connectivity index (χ1v) is 6.98. The van der Waals surface area contributed by atoms with E-state index in [9.17, 15) is 13.2 Å². The number of rotatable bonds is 6. The fourth-order valence-electron chi connectivity index (χ4n) is 2.27. The Hall–Kier alpha value is -1.02. The fraction of sp³-hybridized carbons (Fsp3) is 0.571. The Morgan fingerprint density at radius 1 is 1.27 bits per heavy atom. The Morgan fingerprint density at radius 3 is 2.50 bits per heavy atom. The van der Waals surface area contributed by atoms with Crippen molar-refractivity contribution >= 4 is 12.4 Å². The van der Waals surface area contributed by atoms with Crippen molar-refractivity contribution in [3.05, 3.63) is 29.8 Å². The molecule has 0 spiro atoms. The molecule has 0 aromatic heterocycles. The summed E-state index contributed by atoms with van der Waals surface area (Å²) in [6.07, 6.45) is -3.86.